The van der Waals surface area contributed by atoms with E-state index in [2.05, 4.69) is 25.8 Å². The molecule has 0 fully saturated rings. The molecule has 1 unspecified atom stereocenters. The van der Waals surface area contributed by atoms with Crippen molar-refractivity contribution in [1.82, 2.24) is 25.2 Å². The zero-order valence-electron chi connectivity index (χ0n) is 15.8. The van der Waals surface area contributed by atoms with Crippen LogP contribution in [0, 0.1) is 5.82 Å². The molecule has 0 radical (unpaired) electrons. The number of benzene rings is 1. The lowest BCUT2D eigenvalue weighted by Crippen LogP contribution is -2.42. The Morgan fingerprint density at radius 3 is 2.75 bits per heavy atom. The van der Waals surface area contributed by atoms with E-state index in [0.29, 0.717) is 25.5 Å². The Bertz CT molecular complexity index is 916. The van der Waals surface area contributed by atoms with Crippen LogP contribution in [0.4, 0.5) is 4.39 Å². The van der Waals surface area contributed by atoms with Crippen LogP contribution in [-0.2, 0) is 6.42 Å². The number of ether oxygens (including phenoxy) is 1. The molecule has 0 bridgehead atoms. The largest absolute Gasteiger partial charge is 0.486 e. The SMILES string of the molecule is CN=C(NCCc1nnc2ccccn12)NCC(C)Oc1ccccc1F.I. The van der Waals surface area contributed by atoms with Crippen LogP contribution in [-0.4, -0.2) is 46.8 Å². The molecule has 1 atom stereocenters. The normalized spacial score (nSPS) is 12.3. The van der Waals surface area contributed by atoms with Gasteiger partial charge in [-0.1, -0.05) is 18.2 Å². The van der Waals surface area contributed by atoms with Crippen molar-refractivity contribution in [1.29, 1.82) is 0 Å². The van der Waals surface area contributed by atoms with Crippen molar-refractivity contribution in [3.8, 4) is 5.75 Å². The predicted octanol–water partition coefficient (Wildman–Crippen LogP) is 2.66. The number of halogens is 2. The summed E-state index contributed by atoms with van der Waals surface area (Å²) in [4.78, 5) is 4.19. The average Bonchev–Trinajstić information content (AvgIpc) is 3.09. The Labute approximate surface area is 180 Å². The first kappa shape index (κ1) is 21.9. The number of rotatable bonds is 7. The predicted molar refractivity (Wildman–Crippen MR) is 118 cm³/mol. The van der Waals surface area contributed by atoms with Gasteiger partial charge < -0.3 is 15.4 Å². The fourth-order valence-electron chi connectivity index (χ4n) is 2.61. The lowest BCUT2D eigenvalue weighted by molar-refractivity contribution is 0.214. The number of para-hydroxylation sites is 1. The molecular weight excluding hydrogens is 474 g/mol. The summed E-state index contributed by atoms with van der Waals surface area (Å²) >= 11 is 0. The summed E-state index contributed by atoms with van der Waals surface area (Å²) in [5.74, 6) is 1.40. The fourth-order valence-corrected chi connectivity index (χ4v) is 2.61. The second kappa shape index (κ2) is 10.8. The number of nitrogens with one attached hydrogen (secondary N) is 2. The number of guanidine groups is 1. The van der Waals surface area contributed by atoms with E-state index >= 15 is 0 Å². The Morgan fingerprint density at radius 1 is 1.18 bits per heavy atom. The third-order valence-electron chi connectivity index (χ3n) is 3.97. The number of pyridine rings is 1. The topological polar surface area (TPSA) is 75.8 Å². The van der Waals surface area contributed by atoms with Crippen molar-refractivity contribution < 1.29 is 9.13 Å². The quantitative estimate of drug-likeness (QED) is 0.298. The maximum atomic E-state index is 13.6. The third-order valence-corrected chi connectivity index (χ3v) is 3.97. The molecule has 2 aromatic heterocycles. The highest BCUT2D eigenvalue weighted by Crippen LogP contribution is 2.16. The lowest BCUT2D eigenvalue weighted by Gasteiger charge is -2.18. The van der Waals surface area contributed by atoms with E-state index in [4.69, 9.17) is 4.74 Å². The van der Waals surface area contributed by atoms with Crippen LogP contribution >= 0.6 is 24.0 Å². The van der Waals surface area contributed by atoms with Crippen LogP contribution < -0.4 is 15.4 Å². The second-order valence-electron chi connectivity index (χ2n) is 6.03. The highest BCUT2D eigenvalue weighted by Gasteiger charge is 2.09. The van der Waals surface area contributed by atoms with Gasteiger partial charge in [-0.3, -0.25) is 9.39 Å². The van der Waals surface area contributed by atoms with Crippen molar-refractivity contribution >= 4 is 35.6 Å². The minimum absolute atomic E-state index is 0. The number of fused-ring (bicyclic) bond motifs is 1. The lowest BCUT2D eigenvalue weighted by atomic mass is 10.3. The number of hydrogen-bond acceptors (Lipinski definition) is 4. The molecule has 150 valence electrons. The van der Waals surface area contributed by atoms with Gasteiger partial charge in [-0.2, -0.15) is 0 Å². The van der Waals surface area contributed by atoms with Gasteiger partial charge in [0.1, 0.15) is 11.9 Å². The first-order valence-corrected chi connectivity index (χ1v) is 8.81. The van der Waals surface area contributed by atoms with E-state index < -0.39 is 0 Å². The summed E-state index contributed by atoms with van der Waals surface area (Å²) in [6.45, 7) is 3.01. The molecule has 1 aromatic carbocycles. The standard InChI is InChI=1S/C19H23FN6O.HI/c1-14(27-16-8-4-3-7-15(16)20)13-23-19(21-2)22-11-10-18-25-24-17-9-5-6-12-26(17)18;/h3-9,12,14H,10-11,13H2,1-2H3,(H2,21,22,23);1H. The Kier molecular flexibility index (Phi) is 8.42. The fraction of sp³-hybridized carbons (Fsp3) is 0.316. The summed E-state index contributed by atoms with van der Waals surface area (Å²) < 4.78 is 21.2. The summed E-state index contributed by atoms with van der Waals surface area (Å²) in [5.41, 5.74) is 0.828. The van der Waals surface area contributed by atoms with Crippen molar-refractivity contribution in [3.05, 3.63) is 60.3 Å². The molecule has 3 aromatic rings. The van der Waals surface area contributed by atoms with Crippen LogP contribution in [0.3, 0.4) is 0 Å². The zero-order valence-corrected chi connectivity index (χ0v) is 18.1. The third kappa shape index (κ3) is 5.78. The number of hydrogen-bond donors (Lipinski definition) is 2. The van der Waals surface area contributed by atoms with E-state index in [0.717, 1.165) is 11.5 Å². The maximum Gasteiger partial charge on any atom is 0.191 e. The molecule has 2 heterocycles. The van der Waals surface area contributed by atoms with Crippen molar-refractivity contribution in [2.45, 2.75) is 19.4 Å². The molecule has 0 spiro atoms. The molecule has 0 amide bonds. The van der Waals surface area contributed by atoms with Gasteiger partial charge in [-0.25, -0.2) is 4.39 Å². The Balaban J connectivity index is 0.00000280. The van der Waals surface area contributed by atoms with E-state index in [1.54, 1.807) is 25.2 Å². The van der Waals surface area contributed by atoms with Crippen LogP contribution in [0.5, 0.6) is 5.75 Å². The highest BCUT2D eigenvalue weighted by atomic mass is 127. The van der Waals surface area contributed by atoms with E-state index in [1.807, 2.05) is 35.7 Å². The van der Waals surface area contributed by atoms with Gasteiger partial charge in [-0.05, 0) is 31.2 Å². The molecule has 3 rings (SSSR count). The molecular formula is C19H24FIN6O. The molecule has 9 heteroatoms. The monoisotopic (exact) mass is 498 g/mol. The summed E-state index contributed by atoms with van der Waals surface area (Å²) in [6, 6.07) is 12.2. The van der Waals surface area contributed by atoms with Gasteiger partial charge in [0.05, 0.1) is 6.54 Å². The number of aromatic nitrogens is 3. The van der Waals surface area contributed by atoms with Crippen molar-refractivity contribution in [2.75, 3.05) is 20.1 Å². The summed E-state index contributed by atoms with van der Waals surface area (Å²) in [7, 11) is 1.70. The van der Waals surface area contributed by atoms with Gasteiger partial charge >= 0.3 is 0 Å². The first-order valence-electron chi connectivity index (χ1n) is 8.81. The minimum Gasteiger partial charge on any atom is -0.486 e. The Hall–Kier alpha value is -2.43. The molecule has 0 aliphatic heterocycles. The zero-order chi connectivity index (χ0) is 19.1. The smallest absolute Gasteiger partial charge is 0.191 e. The maximum absolute atomic E-state index is 13.6. The molecule has 7 nitrogen and oxygen atoms in total. The van der Waals surface area contributed by atoms with Gasteiger partial charge in [-0.15, -0.1) is 34.2 Å². The van der Waals surface area contributed by atoms with Crippen molar-refractivity contribution in [2.24, 2.45) is 4.99 Å². The molecule has 0 aliphatic rings. The van der Waals surface area contributed by atoms with Gasteiger partial charge in [0.15, 0.2) is 23.2 Å². The summed E-state index contributed by atoms with van der Waals surface area (Å²) in [6.07, 6.45) is 2.42. The highest BCUT2D eigenvalue weighted by molar-refractivity contribution is 14.0. The van der Waals surface area contributed by atoms with E-state index in [9.17, 15) is 4.39 Å². The van der Waals surface area contributed by atoms with Crippen molar-refractivity contribution in [3.63, 3.8) is 0 Å². The van der Waals surface area contributed by atoms with Gasteiger partial charge in [0.2, 0.25) is 0 Å². The van der Waals surface area contributed by atoms with E-state index in [-0.39, 0.29) is 41.6 Å². The Morgan fingerprint density at radius 2 is 1.96 bits per heavy atom. The van der Waals surface area contributed by atoms with Crippen LogP contribution in [0.1, 0.15) is 12.7 Å². The second-order valence-corrected chi connectivity index (χ2v) is 6.03. The molecule has 0 saturated carbocycles. The van der Waals surface area contributed by atoms with Gasteiger partial charge in [0, 0.05) is 26.2 Å². The molecule has 0 saturated heterocycles. The van der Waals surface area contributed by atoms with Crippen LogP contribution in [0.25, 0.3) is 5.65 Å². The average molecular weight is 498 g/mol. The number of aliphatic imine (C=N–C) groups is 1. The minimum atomic E-state index is -0.368. The summed E-state index contributed by atoms with van der Waals surface area (Å²) in [5, 5.41) is 14.7. The molecule has 28 heavy (non-hydrogen) atoms. The van der Waals surface area contributed by atoms with E-state index in [1.165, 1.54) is 6.07 Å². The van der Waals surface area contributed by atoms with Crippen LogP contribution in [0.15, 0.2) is 53.7 Å². The van der Waals surface area contributed by atoms with Gasteiger partial charge in [0.25, 0.3) is 0 Å². The van der Waals surface area contributed by atoms with Crippen LogP contribution in [0.2, 0.25) is 0 Å². The molecule has 2 N–H and O–H groups in total. The molecule has 0 aliphatic carbocycles. The first-order chi connectivity index (χ1) is 13.2. The number of nitrogens with zero attached hydrogens (tertiary/aromatic N) is 4.